The number of carbonyl (C=O) groups excluding carboxylic acids is 2. The Labute approximate surface area is 149 Å². The molecule has 2 rings (SSSR count). The Balaban J connectivity index is 2.18. The maximum Gasteiger partial charge on any atom is 0.407 e. The van der Waals surface area contributed by atoms with Crippen molar-refractivity contribution in [2.45, 2.75) is 52.2 Å². The fraction of sp³-hybridized carbons (Fsp3) is 0.611. The standard InChI is InChI=1S/C18H28N4O3/c1-7-12(2)16(23)22-10-14(13-8-19-21(6)9-13)15(11-22)20-17(24)25-18(3,4)5/h7-9,14-15H,10-11H2,1-6H3,(H,20,24)/t14-,15+/m1/s1. The minimum Gasteiger partial charge on any atom is -0.444 e. The van der Waals surface area contributed by atoms with Crippen LogP contribution in [-0.4, -0.2) is 51.4 Å². The van der Waals surface area contributed by atoms with Crippen molar-refractivity contribution in [2.75, 3.05) is 13.1 Å². The second-order valence-corrected chi connectivity index (χ2v) is 7.49. The fourth-order valence-corrected chi connectivity index (χ4v) is 2.92. The van der Waals surface area contributed by atoms with Crippen LogP contribution in [-0.2, 0) is 16.6 Å². The molecule has 138 valence electrons. The molecule has 0 spiro atoms. The van der Waals surface area contributed by atoms with Gasteiger partial charge in [0.25, 0.3) is 0 Å². The first-order valence-corrected chi connectivity index (χ1v) is 8.51. The Kier molecular flexibility index (Phi) is 5.55. The van der Waals surface area contributed by atoms with E-state index >= 15 is 0 Å². The predicted molar refractivity (Wildman–Crippen MR) is 95.1 cm³/mol. The summed E-state index contributed by atoms with van der Waals surface area (Å²) in [4.78, 5) is 26.5. The summed E-state index contributed by atoms with van der Waals surface area (Å²) in [6.45, 7) is 10.1. The molecular weight excluding hydrogens is 320 g/mol. The molecule has 0 radical (unpaired) electrons. The molecule has 2 amide bonds. The van der Waals surface area contributed by atoms with Crippen LogP contribution in [0.25, 0.3) is 0 Å². The van der Waals surface area contributed by atoms with Crippen LogP contribution in [0, 0.1) is 0 Å². The number of nitrogens with one attached hydrogen (secondary N) is 1. The zero-order chi connectivity index (χ0) is 18.8. The van der Waals surface area contributed by atoms with Crippen molar-refractivity contribution in [1.29, 1.82) is 0 Å². The third kappa shape index (κ3) is 4.84. The van der Waals surface area contributed by atoms with Gasteiger partial charge in [-0.2, -0.15) is 5.10 Å². The number of aromatic nitrogens is 2. The molecule has 0 aromatic carbocycles. The van der Waals surface area contributed by atoms with Gasteiger partial charge in [-0.15, -0.1) is 0 Å². The van der Waals surface area contributed by atoms with Gasteiger partial charge in [-0.05, 0) is 40.2 Å². The van der Waals surface area contributed by atoms with Gasteiger partial charge >= 0.3 is 6.09 Å². The molecule has 1 saturated heterocycles. The normalized spacial score (nSPS) is 21.4. The number of ether oxygens (including phenoxy) is 1. The Morgan fingerprint density at radius 1 is 1.36 bits per heavy atom. The first-order valence-electron chi connectivity index (χ1n) is 8.51. The van der Waals surface area contributed by atoms with E-state index < -0.39 is 11.7 Å². The maximum atomic E-state index is 12.5. The summed E-state index contributed by atoms with van der Waals surface area (Å²) in [5.41, 5.74) is 1.13. The van der Waals surface area contributed by atoms with Gasteiger partial charge in [0.1, 0.15) is 5.60 Å². The molecule has 0 unspecified atom stereocenters. The molecule has 2 heterocycles. The summed E-state index contributed by atoms with van der Waals surface area (Å²) >= 11 is 0. The van der Waals surface area contributed by atoms with Crippen LogP contribution in [0.1, 0.15) is 46.1 Å². The average molecular weight is 348 g/mol. The van der Waals surface area contributed by atoms with E-state index in [2.05, 4.69) is 10.4 Å². The van der Waals surface area contributed by atoms with E-state index in [0.717, 1.165) is 5.56 Å². The summed E-state index contributed by atoms with van der Waals surface area (Å²) in [6, 6.07) is -0.215. The van der Waals surface area contributed by atoms with Crippen molar-refractivity contribution in [2.24, 2.45) is 7.05 Å². The molecule has 1 fully saturated rings. The third-order valence-electron chi connectivity index (χ3n) is 4.23. The fourth-order valence-electron chi connectivity index (χ4n) is 2.92. The number of amides is 2. The highest BCUT2D eigenvalue weighted by molar-refractivity contribution is 5.93. The van der Waals surface area contributed by atoms with Crippen LogP contribution in [0.5, 0.6) is 0 Å². The Morgan fingerprint density at radius 2 is 2.04 bits per heavy atom. The molecule has 25 heavy (non-hydrogen) atoms. The van der Waals surface area contributed by atoms with Gasteiger partial charge in [-0.1, -0.05) is 6.08 Å². The Hall–Kier alpha value is -2.31. The van der Waals surface area contributed by atoms with Crippen LogP contribution < -0.4 is 5.32 Å². The number of carbonyl (C=O) groups is 2. The number of alkyl carbamates (subject to hydrolysis) is 1. The number of aryl methyl sites for hydroxylation is 1. The molecule has 2 atom stereocenters. The third-order valence-corrected chi connectivity index (χ3v) is 4.23. The maximum absolute atomic E-state index is 12.5. The van der Waals surface area contributed by atoms with Crippen LogP contribution in [0.4, 0.5) is 4.79 Å². The molecule has 0 aliphatic carbocycles. The number of nitrogens with zero attached hydrogens (tertiary/aromatic N) is 3. The highest BCUT2D eigenvalue weighted by atomic mass is 16.6. The minimum absolute atomic E-state index is 0.00937. The quantitative estimate of drug-likeness (QED) is 0.850. The number of likely N-dealkylation sites (tertiary alicyclic amines) is 1. The van der Waals surface area contributed by atoms with E-state index in [1.807, 2.05) is 40.9 Å². The summed E-state index contributed by atoms with van der Waals surface area (Å²) in [5, 5.41) is 7.14. The molecule has 0 saturated carbocycles. The number of hydrogen-bond donors (Lipinski definition) is 1. The molecule has 7 heteroatoms. The van der Waals surface area contributed by atoms with E-state index in [0.29, 0.717) is 18.7 Å². The second-order valence-electron chi connectivity index (χ2n) is 7.49. The lowest BCUT2D eigenvalue weighted by molar-refractivity contribution is -0.126. The number of hydrogen-bond acceptors (Lipinski definition) is 4. The van der Waals surface area contributed by atoms with Gasteiger partial charge in [-0.25, -0.2) is 4.79 Å². The van der Waals surface area contributed by atoms with Gasteiger partial charge in [-0.3, -0.25) is 9.48 Å². The van der Waals surface area contributed by atoms with Gasteiger partial charge in [0.05, 0.1) is 12.2 Å². The topological polar surface area (TPSA) is 76.5 Å². The van der Waals surface area contributed by atoms with E-state index in [-0.39, 0.29) is 17.9 Å². The summed E-state index contributed by atoms with van der Waals surface area (Å²) in [7, 11) is 1.85. The van der Waals surface area contributed by atoms with Crippen molar-refractivity contribution in [1.82, 2.24) is 20.0 Å². The lowest BCUT2D eigenvalue weighted by Gasteiger charge is -2.23. The largest absolute Gasteiger partial charge is 0.444 e. The van der Waals surface area contributed by atoms with E-state index in [1.165, 1.54) is 0 Å². The minimum atomic E-state index is -0.566. The monoisotopic (exact) mass is 348 g/mol. The number of allylic oxidation sites excluding steroid dienone is 1. The molecule has 0 bridgehead atoms. The second kappa shape index (κ2) is 7.29. The van der Waals surface area contributed by atoms with Gasteiger partial charge in [0.2, 0.25) is 5.91 Å². The molecule has 1 aromatic heterocycles. The Morgan fingerprint density at radius 3 is 2.56 bits per heavy atom. The van der Waals surface area contributed by atoms with E-state index in [1.54, 1.807) is 28.8 Å². The van der Waals surface area contributed by atoms with Gasteiger partial charge < -0.3 is 15.0 Å². The number of rotatable bonds is 3. The molecule has 1 aliphatic rings. The average Bonchev–Trinajstić information content (AvgIpc) is 3.10. The highest BCUT2D eigenvalue weighted by Crippen LogP contribution is 2.28. The van der Waals surface area contributed by atoms with Crippen LogP contribution in [0.3, 0.4) is 0 Å². The van der Waals surface area contributed by atoms with Crippen molar-refractivity contribution in [3.05, 3.63) is 29.6 Å². The van der Waals surface area contributed by atoms with E-state index in [9.17, 15) is 9.59 Å². The molecule has 1 aliphatic heterocycles. The molecule has 1 N–H and O–H groups in total. The van der Waals surface area contributed by atoms with Crippen LogP contribution in [0.15, 0.2) is 24.0 Å². The van der Waals surface area contributed by atoms with Crippen molar-refractivity contribution in [3.63, 3.8) is 0 Å². The summed E-state index contributed by atoms with van der Waals surface area (Å²) in [5.74, 6) is -0.0281. The zero-order valence-corrected chi connectivity index (χ0v) is 15.9. The lowest BCUT2D eigenvalue weighted by atomic mass is 9.97. The Bertz CT molecular complexity index is 672. The first-order chi connectivity index (χ1) is 11.6. The predicted octanol–water partition coefficient (Wildman–Crippen LogP) is 2.21. The summed E-state index contributed by atoms with van der Waals surface area (Å²) in [6.07, 6.45) is 5.04. The van der Waals surface area contributed by atoms with Crippen LogP contribution in [0.2, 0.25) is 0 Å². The summed E-state index contributed by atoms with van der Waals surface area (Å²) < 4.78 is 7.09. The molecule has 7 nitrogen and oxygen atoms in total. The smallest absolute Gasteiger partial charge is 0.407 e. The van der Waals surface area contributed by atoms with Gasteiger partial charge in [0.15, 0.2) is 0 Å². The van der Waals surface area contributed by atoms with E-state index in [4.69, 9.17) is 4.74 Å². The van der Waals surface area contributed by atoms with Crippen molar-refractivity contribution in [3.8, 4) is 0 Å². The lowest BCUT2D eigenvalue weighted by Crippen LogP contribution is -2.43. The highest BCUT2D eigenvalue weighted by Gasteiger charge is 2.38. The molecular formula is C18H28N4O3. The van der Waals surface area contributed by atoms with Crippen LogP contribution >= 0.6 is 0 Å². The molecule has 1 aromatic rings. The van der Waals surface area contributed by atoms with Crippen molar-refractivity contribution < 1.29 is 14.3 Å². The first kappa shape index (κ1) is 19.0. The van der Waals surface area contributed by atoms with Crippen molar-refractivity contribution >= 4 is 12.0 Å². The SMILES string of the molecule is CC=C(C)C(=O)N1C[C@H](NC(=O)OC(C)(C)C)[C@@H](c2cnn(C)c2)C1. The zero-order valence-electron chi connectivity index (χ0n) is 15.9. The van der Waals surface area contributed by atoms with Gasteiger partial charge in [0, 0.05) is 37.8 Å².